The molecule has 3 atom stereocenters. The van der Waals surface area contributed by atoms with Crippen LogP contribution >= 0.6 is 34.8 Å². The Kier molecular flexibility index (Phi) is 26.6. The summed E-state index contributed by atoms with van der Waals surface area (Å²) in [6.07, 6.45) is 5.65. The number of piperazine rings is 1. The summed E-state index contributed by atoms with van der Waals surface area (Å²) in [5, 5.41) is 55.7. The van der Waals surface area contributed by atoms with Crippen LogP contribution < -0.4 is 46.1 Å². The number of carbonyl (C=O) groups is 5. The van der Waals surface area contributed by atoms with Gasteiger partial charge in [-0.1, -0.05) is 98.9 Å². The lowest BCUT2D eigenvalue weighted by molar-refractivity contribution is -0.189. The third kappa shape index (κ3) is 17.2. The molecule has 0 aliphatic carbocycles. The molecule has 2 fully saturated rings. The quantitative estimate of drug-likeness (QED) is 0.0198. The van der Waals surface area contributed by atoms with Gasteiger partial charge in [0, 0.05) is 167 Å². The monoisotopic (exact) mass is 1780 g/mol. The molecule has 2 bridgehead atoms. The average molecular weight is 1780 g/mol. The van der Waals surface area contributed by atoms with Crippen LogP contribution in [0.15, 0.2) is 115 Å². The molecule has 11 heterocycles. The second-order valence-electron chi connectivity index (χ2n) is 32.6. The van der Waals surface area contributed by atoms with E-state index in [1.54, 1.807) is 55.7 Å². The van der Waals surface area contributed by atoms with Crippen LogP contribution in [0.2, 0.25) is 15.1 Å². The van der Waals surface area contributed by atoms with E-state index in [0.29, 0.717) is 126 Å². The highest BCUT2D eigenvalue weighted by molar-refractivity contribution is 6.39. The number of amides is 5. The number of aromatic amines is 2. The predicted molar refractivity (Wildman–Crippen MR) is 499 cm³/mol. The second kappa shape index (κ2) is 37.6. The number of aryl methyl sites for hydroxylation is 2. The second-order valence-corrected chi connectivity index (χ2v) is 33.8. The minimum Gasteiger partial charge on any atom is -0.495 e. The number of aliphatic hydroxyl groups is 2. The molecule has 0 unspecified atom stereocenters. The molecule has 27 nitrogen and oxygen atoms in total. The third-order valence-corrected chi connectivity index (χ3v) is 26.1. The van der Waals surface area contributed by atoms with Crippen molar-refractivity contribution in [3.05, 3.63) is 209 Å². The maximum atomic E-state index is 13.7. The summed E-state index contributed by atoms with van der Waals surface area (Å²) in [6.45, 7) is 30.2. The van der Waals surface area contributed by atoms with Crippen LogP contribution in [-0.2, 0) is 26.6 Å². The highest BCUT2D eigenvalue weighted by atomic mass is 35.5. The summed E-state index contributed by atoms with van der Waals surface area (Å²) < 4.78 is 41.6. The van der Waals surface area contributed by atoms with Gasteiger partial charge in [-0.3, -0.25) is 29.0 Å². The van der Waals surface area contributed by atoms with Crippen molar-refractivity contribution in [3.63, 3.8) is 0 Å². The molecule has 31 heteroatoms. The van der Waals surface area contributed by atoms with Crippen LogP contribution in [0.3, 0.4) is 0 Å². The normalized spacial score (nSPS) is 17.9. The minimum absolute atomic E-state index is 0.0555. The van der Waals surface area contributed by atoms with Gasteiger partial charge in [0.15, 0.2) is 17.2 Å². The number of nitrogens with zero attached hydrogens (tertiary/aromatic N) is 8. The number of carbonyl (C=O) groups excluding carboxylic acids is 5. The number of anilines is 4. The Morgan fingerprint density at radius 2 is 1.29 bits per heavy atom. The topological polar surface area (TPSA) is 326 Å². The van der Waals surface area contributed by atoms with Gasteiger partial charge >= 0.3 is 0 Å². The zero-order valence-corrected chi connectivity index (χ0v) is 75.4. The largest absolute Gasteiger partial charge is 0.495 e. The smallest absolute Gasteiger partial charge is 0.256 e. The molecule has 18 rings (SSSR count). The molecule has 0 radical (unpaired) electrons. The van der Waals surface area contributed by atoms with Gasteiger partial charge in [-0.2, -0.15) is 5.26 Å². The molecular formula is C96H104Cl3FN16O11. The zero-order valence-electron chi connectivity index (χ0n) is 73.1. The number of methoxy groups -OCH3 is 2. The van der Waals surface area contributed by atoms with E-state index in [9.17, 15) is 43.8 Å². The number of H-pyrrole nitrogens is 2. The molecule has 6 aliphatic heterocycles. The van der Waals surface area contributed by atoms with Crippen molar-refractivity contribution in [1.82, 2.24) is 59.6 Å². The van der Waals surface area contributed by atoms with Gasteiger partial charge in [-0.25, -0.2) is 4.39 Å². The SMILES string of the molecule is CCN(CC)CCNC(=O)c1c(C)[nH]c(C=C2C(=O)Nc3ccc(Cl)cc32)c1C.CCN(CC)CCNC(=O)c1c(C)[nH]c(C=C2C(=O)Nc3ccc(F)cc32)c1C.COc1cc(Nc2c(C#N)cnc3cc(OCCCN4CCN(C)CC4)c(OC)cc23)c(Cl)cc1Cl.C[C@@]12O[C@H](C[C@@]1(O)CO)n1c3ccccc3c3c4c(c5c6ccccc6n2c5c31)CNC4=O. The van der Waals surface area contributed by atoms with Crippen LogP contribution in [0.4, 0.5) is 27.1 Å². The molecule has 6 aliphatic rings. The van der Waals surface area contributed by atoms with Gasteiger partial charge in [0.1, 0.15) is 29.5 Å². The number of pyridine rings is 1. The summed E-state index contributed by atoms with van der Waals surface area (Å²) in [6, 6.07) is 34.7. The number of para-hydroxylation sites is 2. The summed E-state index contributed by atoms with van der Waals surface area (Å²) in [4.78, 5) is 83.6. The summed E-state index contributed by atoms with van der Waals surface area (Å²) in [5.74, 6) is 0.452. The van der Waals surface area contributed by atoms with E-state index in [2.05, 4.69) is 122 Å². The van der Waals surface area contributed by atoms with Crippen molar-refractivity contribution in [2.45, 2.75) is 99.3 Å². The maximum absolute atomic E-state index is 13.7. The number of nitriles is 1. The van der Waals surface area contributed by atoms with Crippen molar-refractivity contribution in [1.29, 1.82) is 5.26 Å². The van der Waals surface area contributed by atoms with Crippen LogP contribution in [0.25, 0.3) is 77.8 Å². The highest BCUT2D eigenvalue weighted by Gasteiger charge is 2.61. The fourth-order valence-electron chi connectivity index (χ4n) is 18.2. The van der Waals surface area contributed by atoms with E-state index in [1.165, 1.54) is 25.4 Å². The molecule has 127 heavy (non-hydrogen) atoms. The first-order chi connectivity index (χ1) is 61.1. The lowest BCUT2D eigenvalue weighted by Gasteiger charge is -2.38. The van der Waals surface area contributed by atoms with Gasteiger partial charge in [0.05, 0.1) is 110 Å². The molecule has 12 aromatic rings. The average Bonchev–Trinajstić information content (AvgIpc) is 1.49. The van der Waals surface area contributed by atoms with Gasteiger partial charge in [-0.15, -0.1) is 0 Å². The van der Waals surface area contributed by atoms with Gasteiger partial charge in [-0.05, 0) is 164 Å². The summed E-state index contributed by atoms with van der Waals surface area (Å²) >= 11 is 18.7. The van der Waals surface area contributed by atoms with Crippen LogP contribution in [0, 0.1) is 44.8 Å². The summed E-state index contributed by atoms with van der Waals surface area (Å²) in [5.41, 5.74) is 14.1. The Morgan fingerprint density at radius 3 is 1.88 bits per heavy atom. The molecule has 0 spiro atoms. The molecule has 5 aromatic heterocycles. The molecule has 5 amide bonds. The van der Waals surface area contributed by atoms with Gasteiger partial charge < -0.3 is 99.8 Å². The first-order valence-corrected chi connectivity index (χ1v) is 43.9. The van der Waals surface area contributed by atoms with E-state index < -0.39 is 30.0 Å². The predicted octanol–water partition coefficient (Wildman–Crippen LogP) is 15.8. The Morgan fingerprint density at radius 1 is 0.709 bits per heavy atom. The number of hydrogen-bond donors (Lipinski definition) is 10. The van der Waals surface area contributed by atoms with Crippen molar-refractivity contribution in [2.24, 2.45) is 0 Å². The number of likely N-dealkylation sites (N-methyl/N-ethyl adjacent to an activating group) is 3. The molecule has 7 aromatic carbocycles. The fraction of sp³-hybridized carbons (Fsp3) is 0.344. The van der Waals surface area contributed by atoms with E-state index in [-0.39, 0.29) is 36.0 Å². The lowest BCUT2D eigenvalue weighted by Crippen LogP contribution is -2.53. The Bertz CT molecular complexity index is 6310. The van der Waals surface area contributed by atoms with E-state index >= 15 is 0 Å². The van der Waals surface area contributed by atoms with Crippen molar-refractivity contribution in [2.75, 3.05) is 136 Å². The first-order valence-electron chi connectivity index (χ1n) is 42.7. The minimum atomic E-state index is -1.48. The lowest BCUT2D eigenvalue weighted by atomic mass is 9.89. The molecule has 0 saturated carbocycles. The van der Waals surface area contributed by atoms with Crippen LogP contribution in [0.1, 0.15) is 141 Å². The number of aromatic nitrogens is 5. The van der Waals surface area contributed by atoms with Gasteiger partial charge in [0.25, 0.3) is 29.5 Å². The van der Waals surface area contributed by atoms with Crippen LogP contribution in [0.5, 0.6) is 17.2 Å². The molecule has 2 saturated heterocycles. The maximum Gasteiger partial charge on any atom is 0.256 e. The molecule has 10 N–H and O–H groups in total. The van der Waals surface area contributed by atoms with Crippen LogP contribution in [-0.4, -0.2) is 209 Å². The number of fused-ring (bicyclic) bond motifs is 16. The fourth-order valence-corrected chi connectivity index (χ4v) is 18.9. The third-order valence-electron chi connectivity index (χ3n) is 25.2. The van der Waals surface area contributed by atoms with E-state index in [1.807, 2.05) is 89.2 Å². The number of halogens is 4. The number of hydrogen-bond acceptors (Lipinski definition) is 18. The highest BCUT2D eigenvalue weighted by Crippen LogP contribution is 2.58. The summed E-state index contributed by atoms with van der Waals surface area (Å²) in [7, 11) is 5.27. The van der Waals surface area contributed by atoms with Crippen molar-refractivity contribution >= 4 is 165 Å². The zero-order chi connectivity index (χ0) is 90.2. The van der Waals surface area contributed by atoms with Crippen molar-refractivity contribution in [3.8, 4) is 23.3 Å². The van der Waals surface area contributed by atoms with Gasteiger partial charge in [0.2, 0.25) is 0 Å². The van der Waals surface area contributed by atoms with E-state index in [4.69, 9.17) is 53.8 Å². The number of nitrogens with one attached hydrogen (secondary N) is 8. The molecule has 662 valence electrons. The standard InChI is InChI=1S/C26H29Cl2N5O3.C26H21N3O4.C22H27ClN4O2.C22H27FN4O2/c1-32-6-8-33(9-7-32)5-4-10-36-25-13-21-18(11-24(25)35-3)26(17(15-29)16-30-21)31-22-14-23(34-2)20(28)12-19(22)27;1-25-26(32,12-30)10-18(33-25)28-16-8-4-2-6-13(16)20-21-15(11-27-24(21)31)19-14-7-3-5-9-17(14)29(25)23(19)22(20)28;2*1-5-27(6-2)10-9-24-22(29)20-13(3)19(25-14(20)4)12-17-16-11-15(23)7-8-18(16)26-21(17)28/h11-14,16H,4-10H2,1-3H3,(H,30,31);2-9,18,30,32H,10-12H2,1H3,(H,27,31);2*7-8,11-12,25H,5-6,9-10H2,1-4H3,(H,24,29)(H,26,28)/t;18-,25-,26-;;/m.1../s1. The van der Waals surface area contributed by atoms with E-state index in [0.717, 1.165) is 173 Å². The molecular weight excluding hydrogens is 1680 g/mol. The number of ether oxygens (including phenoxy) is 4. The Hall–Kier alpha value is -11.9. The Balaban J connectivity index is 0.000000131. The number of rotatable bonds is 24. The van der Waals surface area contributed by atoms with Crippen molar-refractivity contribution < 1.29 is 57.5 Å². The number of benzene rings is 7. The Labute approximate surface area is 750 Å². The number of aliphatic hydroxyl groups excluding tert-OH is 1. The first kappa shape index (κ1) is 90.0.